The normalized spacial score (nSPS) is 11.5. The van der Waals surface area contributed by atoms with Crippen molar-refractivity contribution in [3.8, 4) is 11.3 Å². The molecule has 2 heterocycles. The summed E-state index contributed by atoms with van der Waals surface area (Å²) in [5.41, 5.74) is 2.97. The number of nitrogens with one attached hydrogen (secondary N) is 3. The molecule has 2 aromatic heterocycles. The minimum Gasteiger partial charge on any atom is -0.339 e. The molecule has 0 unspecified atom stereocenters. The Kier molecular flexibility index (Phi) is 5.13. The number of rotatable bonds is 4. The maximum atomic E-state index is 12.6. The number of aromatic amines is 1. The Morgan fingerprint density at radius 3 is 2.63 bits per heavy atom. The fourth-order valence-corrected chi connectivity index (χ4v) is 3.16. The third kappa shape index (κ3) is 3.97. The van der Waals surface area contributed by atoms with Gasteiger partial charge >= 0.3 is 0 Å². The van der Waals surface area contributed by atoms with E-state index in [1.54, 1.807) is 6.07 Å². The van der Waals surface area contributed by atoms with Gasteiger partial charge in [-0.15, -0.1) is 0 Å². The lowest BCUT2D eigenvalue weighted by atomic mass is 9.95. The van der Waals surface area contributed by atoms with E-state index in [4.69, 9.17) is 11.6 Å². The summed E-state index contributed by atoms with van der Waals surface area (Å²) in [6.07, 6.45) is 1.45. The van der Waals surface area contributed by atoms with Crippen molar-refractivity contribution in [1.82, 2.24) is 20.2 Å². The molecule has 0 saturated heterocycles. The highest BCUT2D eigenvalue weighted by Crippen LogP contribution is 2.35. The molecular formula is C22H21ClN6O. The van der Waals surface area contributed by atoms with Crippen LogP contribution in [0.25, 0.3) is 22.3 Å². The van der Waals surface area contributed by atoms with E-state index in [1.165, 1.54) is 6.33 Å². The second-order valence-electron chi connectivity index (χ2n) is 7.90. The second-order valence-corrected chi connectivity index (χ2v) is 8.34. The van der Waals surface area contributed by atoms with Gasteiger partial charge in [-0.1, -0.05) is 56.6 Å². The summed E-state index contributed by atoms with van der Waals surface area (Å²) >= 11 is 6.11. The first-order chi connectivity index (χ1) is 14.3. The van der Waals surface area contributed by atoms with E-state index in [0.29, 0.717) is 27.9 Å². The van der Waals surface area contributed by atoms with Gasteiger partial charge < -0.3 is 10.6 Å². The molecular weight excluding hydrogens is 400 g/mol. The van der Waals surface area contributed by atoms with Crippen LogP contribution in [0, 0.1) is 5.41 Å². The van der Waals surface area contributed by atoms with Crippen molar-refractivity contribution in [2.75, 3.05) is 10.6 Å². The number of nitrogens with zero attached hydrogens (tertiary/aromatic N) is 3. The molecule has 4 rings (SSSR count). The van der Waals surface area contributed by atoms with Gasteiger partial charge in [-0.25, -0.2) is 9.97 Å². The van der Waals surface area contributed by atoms with Crippen molar-refractivity contribution in [3.63, 3.8) is 0 Å². The third-order valence-electron chi connectivity index (χ3n) is 4.56. The van der Waals surface area contributed by atoms with Gasteiger partial charge in [0.1, 0.15) is 12.1 Å². The average Bonchev–Trinajstić information content (AvgIpc) is 3.13. The molecule has 7 nitrogen and oxygen atoms in total. The van der Waals surface area contributed by atoms with Gasteiger partial charge in [0, 0.05) is 21.7 Å². The molecule has 8 heteroatoms. The van der Waals surface area contributed by atoms with Gasteiger partial charge in [-0.05, 0) is 24.3 Å². The van der Waals surface area contributed by atoms with Crippen LogP contribution in [0.4, 0.5) is 17.2 Å². The number of carbonyl (C=O) groups is 1. The SMILES string of the molecule is CC(C)(C)C(=O)Nc1ccccc1-c1[nH]nc2ncnc(Nc3cccc(Cl)c3)c12. The number of benzene rings is 2. The first-order valence-electron chi connectivity index (χ1n) is 9.45. The number of fused-ring (bicyclic) bond motifs is 1. The quantitative estimate of drug-likeness (QED) is 0.410. The summed E-state index contributed by atoms with van der Waals surface area (Å²) in [7, 11) is 0. The van der Waals surface area contributed by atoms with Crippen LogP contribution in [-0.2, 0) is 4.79 Å². The zero-order valence-electron chi connectivity index (χ0n) is 16.8. The summed E-state index contributed by atoms with van der Waals surface area (Å²) in [5.74, 6) is 0.510. The van der Waals surface area contributed by atoms with Crippen molar-refractivity contribution >= 4 is 45.7 Å². The zero-order chi connectivity index (χ0) is 21.3. The predicted molar refractivity (Wildman–Crippen MR) is 120 cm³/mol. The van der Waals surface area contributed by atoms with Crippen molar-refractivity contribution in [3.05, 3.63) is 59.9 Å². The highest BCUT2D eigenvalue weighted by molar-refractivity contribution is 6.30. The van der Waals surface area contributed by atoms with E-state index in [1.807, 2.05) is 63.2 Å². The highest BCUT2D eigenvalue weighted by Gasteiger charge is 2.23. The van der Waals surface area contributed by atoms with E-state index < -0.39 is 5.41 Å². The number of halogens is 1. The lowest BCUT2D eigenvalue weighted by Gasteiger charge is -2.19. The molecule has 30 heavy (non-hydrogen) atoms. The topological polar surface area (TPSA) is 95.6 Å². The van der Waals surface area contributed by atoms with E-state index in [0.717, 1.165) is 16.6 Å². The number of carbonyl (C=O) groups excluding carboxylic acids is 1. The van der Waals surface area contributed by atoms with E-state index in [-0.39, 0.29) is 5.91 Å². The molecule has 0 fully saturated rings. The smallest absolute Gasteiger partial charge is 0.229 e. The number of aromatic nitrogens is 4. The molecule has 0 radical (unpaired) electrons. The van der Waals surface area contributed by atoms with Crippen LogP contribution in [-0.4, -0.2) is 26.1 Å². The maximum Gasteiger partial charge on any atom is 0.229 e. The van der Waals surface area contributed by atoms with Crippen LogP contribution in [0.15, 0.2) is 54.9 Å². The first kappa shape index (κ1) is 19.8. The molecule has 0 aliphatic rings. The number of hydrogen-bond donors (Lipinski definition) is 3. The molecule has 152 valence electrons. The molecule has 4 aromatic rings. The van der Waals surface area contributed by atoms with E-state index in [2.05, 4.69) is 30.8 Å². The molecule has 1 amide bonds. The third-order valence-corrected chi connectivity index (χ3v) is 4.80. The summed E-state index contributed by atoms with van der Waals surface area (Å²) in [5, 5.41) is 15.0. The van der Waals surface area contributed by atoms with Gasteiger partial charge in [0.25, 0.3) is 0 Å². The number of anilines is 3. The van der Waals surface area contributed by atoms with Gasteiger partial charge in [0.2, 0.25) is 5.91 Å². The maximum absolute atomic E-state index is 12.6. The number of amides is 1. The van der Waals surface area contributed by atoms with Crippen LogP contribution < -0.4 is 10.6 Å². The van der Waals surface area contributed by atoms with Crippen LogP contribution in [0.1, 0.15) is 20.8 Å². The zero-order valence-corrected chi connectivity index (χ0v) is 17.6. The van der Waals surface area contributed by atoms with Crippen molar-refractivity contribution in [2.24, 2.45) is 5.41 Å². The van der Waals surface area contributed by atoms with Crippen LogP contribution >= 0.6 is 11.6 Å². The van der Waals surface area contributed by atoms with Gasteiger partial charge in [0.05, 0.1) is 16.8 Å². The fourth-order valence-electron chi connectivity index (χ4n) is 2.97. The largest absolute Gasteiger partial charge is 0.339 e. The van der Waals surface area contributed by atoms with Crippen LogP contribution in [0.3, 0.4) is 0 Å². The van der Waals surface area contributed by atoms with Gasteiger partial charge in [0.15, 0.2) is 5.65 Å². The summed E-state index contributed by atoms with van der Waals surface area (Å²) < 4.78 is 0. The standard InChI is InChI=1S/C22H21ClN6O/c1-22(2,3)21(30)27-16-10-5-4-9-15(16)18-17-19(24-12-25-20(17)29-28-18)26-14-8-6-7-13(23)11-14/h4-12H,1-3H3,(H,27,30)(H2,24,25,26,28,29). The van der Waals surface area contributed by atoms with Crippen molar-refractivity contribution < 1.29 is 4.79 Å². The molecule has 0 aliphatic heterocycles. The lowest BCUT2D eigenvalue weighted by Crippen LogP contribution is -2.27. The van der Waals surface area contributed by atoms with Crippen molar-refractivity contribution in [1.29, 1.82) is 0 Å². The van der Waals surface area contributed by atoms with Crippen LogP contribution in [0.2, 0.25) is 5.02 Å². The summed E-state index contributed by atoms with van der Waals surface area (Å²) in [6, 6.07) is 14.9. The summed E-state index contributed by atoms with van der Waals surface area (Å²) in [4.78, 5) is 21.3. The van der Waals surface area contributed by atoms with Gasteiger partial charge in [-0.3, -0.25) is 9.89 Å². The Balaban J connectivity index is 1.81. The lowest BCUT2D eigenvalue weighted by molar-refractivity contribution is -0.123. The van der Waals surface area contributed by atoms with Gasteiger partial charge in [-0.2, -0.15) is 5.10 Å². The van der Waals surface area contributed by atoms with Crippen LogP contribution in [0.5, 0.6) is 0 Å². The molecule has 0 bridgehead atoms. The highest BCUT2D eigenvalue weighted by atomic mass is 35.5. The average molecular weight is 421 g/mol. The molecule has 2 aromatic carbocycles. The monoisotopic (exact) mass is 420 g/mol. The second kappa shape index (κ2) is 7.76. The fraction of sp³-hybridized carbons (Fsp3) is 0.182. The molecule has 0 spiro atoms. The molecule has 3 N–H and O–H groups in total. The summed E-state index contributed by atoms with van der Waals surface area (Å²) in [6.45, 7) is 5.62. The number of hydrogen-bond acceptors (Lipinski definition) is 5. The minimum atomic E-state index is -0.522. The van der Waals surface area contributed by atoms with E-state index in [9.17, 15) is 4.79 Å². The number of H-pyrrole nitrogens is 1. The Bertz CT molecular complexity index is 1230. The Morgan fingerprint density at radius 1 is 1.07 bits per heavy atom. The first-order valence-corrected chi connectivity index (χ1v) is 9.83. The molecule has 0 saturated carbocycles. The molecule has 0 aliphatic carbocycles. The number of para-hydroxylation sites is 1. The van der Waals surface area contributed by atoms with E-state index >= 15 is 0 Å². The Hall–Kier alpha value is -3.45. The Labute approximate surface area is 178 Å². The predicted octanol–water partition coefficient (Wildman–Crippen LogP) is 5.40. The minimum absolute atomic E-state index is 0.0766. The molecule has 0 atom stereocenters. The van der Waals surface area contributed by atoms with Crippen molar-refractivity contribution in [2.45, 2.75) is 20.8 Å². The Morgan fingerprint density at radius 2 is 1.87 bits per heavy atom.